The normalized spacial score (nSPS) is 15.2. The van der Waals surface area contributed by atoms with Crippen LogP contribution in [0.5, 0.6) is 0 Å². The summed E-state index contributed by atoms with van der Waals surface area (Å²) in [7, 11) is 1.17. The lowest BCUT2D eigenvalue weighted by molar-refractivity contribution is -0.149. The minimum Gasteiger partial charge on any atom is -0.467 e. The van der Waals surface area contributed by atoms with Crippen molar-refractivity contribution in [3.63, 3.8) is 0 Å². The molecule has 0 heterocycles. The van der Waals surface area contributed by atoms with Crippen molar-refractivity contribution < 1.29 is 24.2 Å². The topological polar surface area (TPSA) is 117 Å². The van der Waals surface area contributed by atoms with Gasteiger partial charge in [-0.2, -0.15) is 0 Å². The molecule has 8 nitrogen and oxygen atoms in total. The molecule has 0 bridgehead atoms. The van der Waals surface area contributed by atoms with E-state index in [0.29, 0.717) is 17.2 Å². The zero-order valence-electron chi connectivity index (χ0n) is 25.5. The van der Waals surface area contributed by atoms with Crippen molar-refractivity contribution in [2.45, 2.75) is 76.4 Å². The molecule has 0 spiro atoms. The van der Waals surface area contributed by atoms with Gasteiger partial charge in [-0.15, -0.1) is 0 Å². The standard InChI is InChI=1S/C35H43N3O5/c1-35(2,3)28-11-8-12-29(21-28)37-34(42)38-31(25-15-13-24(14-16-25)23-9-6-5-7-10-23)26-17-19-27(20-18-26)32(40)36-22-30(39)33(41)43-4/h8,11-21,23,30-31,39H,5-7,9-10,22H2,1-4H3,(H,36,40)(H2,37,38,42)/t30-,31?/m1/s1. The van der Waals surface area contributed by atoms with E-state index in [1.807, 2.05) is 24.3 Å². The Balaban J connectivity index is 1.54. The maximum Gasteiger partial charge on any atom is 0.336 e. The van der Waals surface area contributed by atoms with Crippen LogP contribution in [0.15, 0.2) is 72.8 Å². The summed E-state index contributed by atoms with van der Waals surface area (Å²) in [5.74, 6) is -0.683. The summed E-state index contributed by atoms with van der Waals surface area (Å²) >= 11 is 0. The first-order chi connectivity index (χ1) is 20.5. The van der Waals surface area contributed by atoms with E-state index in [2.05, 4.69) is 65.7 Å². The van der Waals surface area contributed by atoms with E-state index in [4.69, 9.17) is 0 Å². The number of aliphatic hydroxyl groups is 1. The number of carbonyl (C=O) groups is 3. The molecule has 43 heavy (non-hydrogen) atoms. The van der Waals surface area contributed by atoms with Gasteiger partial charge in [0.15, 0.2) is 6.10 Å². The number of nitrogens with one attached hydrogen (secondary N) is 3. The molecule has 228 valence electrons. The van der Waals surface area contributed by atoms with Crippen LogP contribution in [0, 0.1) is 0 Å². The van der Waals surface area contributed by atoms with E-state index in [1.165, 1.54) is 44.8 Å². The molecule has 1 aliphatic rings. The molecule has 0 radical (unpaired) electrons. The van der Waals surface area contributed by atoms with Gasteiger partial charge in [0.1, 0.15) is 0 Å². The molecule has 1 saturated carbocycles. The molecule has 0 aliphatic heterocycles. The van der Waals surface area contributed by atoms with E-state index >= 15 is 0 Å². The summed E-state index contributed by atoms with van der Waals surface area (Å²) in [5, 5.41) is 18.4. The van der Waals surface area contributed by atoms with Gasteiger partial charge in [-0.25, -0.2) is 9.59 Å². The molecule has 3 amide bonds. The van der Waals surface area contributed by atoms with E-state index in [-0.39, 0.29) is 18.0 Å². The molecule has 0 aromatic heterocycles. The van der Waals surface area contributed by atoms with Crippen molar-refractivity contribution in [3.8, 4) is 0 Å². The lowest BCUT2D eigenvalue weighted by atomic mass is 9.83. The molecule has 3 aromatic carbocycles. The highest BCUT2D eigenvalue weighted by atomic mass is 16.5. The Morgan fingerprint density at radius 1 is 0.907 bits per heavy atom. The van der Waals surface area contributed by atoms with Crippen LogP contribution >= 0.6 is 0 Å². The third-order valence-electron chi connectivity index (χ3n) is 8.04. The number of ether oxygens (including phenoxy) is 1. The Morgan fingerprint density at radius 2 is 1.53 bits per heavy atom. The summed E-state index contributed by atoms with van der Waals surface area (Å²) < 4.78 is 4.49. The Hall–Kier alpha value is -4.17. The fourth-order valence-electron chi connectivity index (χ4n) is 5.46. The largest absolute Gasteiger partial charge is 0.467 e. The van der Waals surface area contributed by atoms with Gasteiger partial charge in [0, 0.05) is 11.3 Å². The second-order valence-corrected chi connectivity index (χ2v) is 12.2. The van der Waals surface area contributed by atoms with Crippen LogP contribution in [0.4, 0.5) is 10.5 Å². The number of rotatable bonds is 9. The van der Waals surface area contributed by atoms with Crippen molar-refractivity contribution in [3.05, 3.63) is 101 Å². The molecular weight excluding hydrogens is 542 g/mol. The average Bonchev–Trinajstić information content (AvgIpc) is 3.02. The average molecular weight is 586 g/mol. The van der Waals surface area contributed by atoms with Crippen LogP contribution < -0.4 is 16.0 Å². The van der Waals surface area contributed by atoms with Crippen LogP contribution in [0.3, 0.4) is 0 Å². The Bertz CT molecular complexity index is 1390. The predicted octanol–water partition coefficient (Wildman–Crippen LogP) is 6.21. The number of carbonyl (C=O) groups excluding carboxylic acids is 3. The van der Waals surface area contributed by atoms with Crippen LogP contribution in [0.25, 0.3) is 0 Å². The van der Waals surface area contributed by atoms with Crippen molar-refractivity contribution in [1.29, 1.82) is 0 Å². The molecule has 1 unspecified atom stereocenters. The Kier molecular flexibility index (Phi) is 10.6. The lowest BCUT2D eigenvalue weighted by Crippen LogP contribution is -2.37. The summed E-state index contributed by atoms with van der Waals surface area (Å²) in [6.07, 6.45) is 4.78. The third-order valence-corrected chi connectivity index (χ3v) is 8.04. The van der Waals surface area contributed by atoms with Crippen molar-refractivity contribution in [1.82, 2.24) is 10.6 Å². The first kappa shape index (κ1) is 31.8. The number of urea groups is 1. The molecule has 3 aromatic rings. The Morgan fingerprint density at radius 3 is 2.14 bits per heavy atom. The molecule has 0 saturated heterocycles. The third kappa shape index (κ3) is 8.67. The predicted molar refractivity (Wildman–Crippen MR) is 168 cm³/mol. The molecule has 2 atom stereocenters. The first-order valence-electron chi connectivity index (χ1n) is 15.0. The highest BCUT2D eigenvalue weighted by molar-refractivity contribution is 5.94. The van der Waals surface area contributed by atoms with Crippen LogP contribution in [-0.2, 0) is 14.9 Å². The SMILES string of the molecule is COC(=O)[C@H](O)CNC(=O)c1ccc(C(NC(=O)Nc2cccc(C(C)(C)C)c2)c2ccc(C3CCCCC3)cc2)cc1. The molecule has 1 aliphatic carbocycles. The molecule has 4 rings (SSSR count). The highest BCUT2D eigenvalue weighted by Gasteiger charge is 2.22. The number of anilines is 1. The zero-order valence-corrected chi connectivity index (χ0v) is 25.5. The minimum atomic E-state index is -1.44. The van der Waals surface area contributed by atoms with Crippen LogP contribution in [0.1, 0.15) is 97.4 Å². The second-order valence-electron chi connectivity index (χ2n) is 12.2. The zero-order chi connectivity index (χ0) is 31.0. The number of amides is 3. The summed E-state index contributed by atoms with van der Waals surface area (Å²) in [6.45, 7) is 6.13. The summed E-state index contributed by atoms with van der Waals surface area (Å²) in [5.41, 5.74) is 5.18. The second kappa shape index (κ2) is 14.3. The van der Waals surface area contributed by atoms with Crippen molar-refractivity contribution >= 4 is 23.6 Å². The monoisotopic (exact) mass is 585 g/mol. The van der Waals surface area contributed by atoms with Gasteiger partial charge < -0.3 is 25.8 Å². The van der Waals surface area contributed by atoms with Crippen molar-refractivity contribution in [2.24, 2.45) is 0 Å². The fourth-order valence-corrected chi connectivity index (χ4v) is 5.46. The maximum atomic E-state index is 13.3. The number of hydrogen-bond donors (Lipinski definition) is 4. The van der Waals surface area contributed by atoms with E-state index in [0.717, 1.165) is 16.7 Å². The Labute approximate surface area is 254 Å². The van der Waals surface area contributed by atoms with Crippen LogP contribution in [-0.4, -0.2) is 42.8 Å². The van der Waals surface area contributed by atoms with Gasteiger partial charge in [0.2, 0.25) is 0 Å². The molecule has 8 heteroatoms. The van der Waals surface area contributed by atoms with Gasteiger partial charge in [0.05, 0.1) is 19.7 Å². The molecular formula is C35H43N3O5. The lowest BCUT2D eigenvalue weighted by Gasteiger charge is -2.24. The van der Waals surface area contributed by atoms with E-state index < -0.39 is 24.0 Å². The summed E-state index contributed by atoms with van der Waals surface area (Å²) in [4.78, 5) is 37.4. The molecule has 1 fully saturated rings. The molecule has 4 N–H and O–H groups in total. The smallest absolute Gasteiger partial charge is 0.336 e. The summed E-state index contributed by atoms with van der Waals surface area (Å²) in [6, 6.07) is 22.4. The highest BCUT2D eigenvalue weighted by Crippen LogP contribution is 2.34. The first-order valence-corrected chi connectivity index (χ1v) is 15.0. The van der Waals surface area contributed by atoms with Crippen LogP contribution in [0.2, 0.25) is 0 Å². The number of methoxy groups -OCH3 is 1. The number of aliphatic hydroxyl groups excluding tert-OH is 1. The van der Waals surface area contributed by atoms with Gasteiger partial charge in [-0.05, 0) is 70.7 Å². The number of hydrogen-bond acceptors (Lipinski definition) is 5. The fraction of sp³-hybridized carbons (Fsp3) is 0.400. The van der Waals surface area contributed by atoms with Gasteiger partial charge >= 0.3 is 12.0 Å². The minimum absolute atomic E-state index is 0.0534. The van der Waals surface area contributed by atoms with E-state index in [9.17, 15) is 19.5 Å². The quantitative estimate of drug-likeness (QED) is 0.223. The van der Waals surface area contributed by atoms with Gasteiger partial charge in [0.25, 0.3) is 5.91 Å². The van der Waals surface area contributed by atoms with Gasteiger partial charge in [-0.1, -0.05) is 88.6 Å². The van der Waals surface area contributed by atoms with E-state index in [1.54, 1.807) is 24.3 Å². The van der Waals surface area contributed by atoms with Gasteiger partial charge in [-0.3, -0.25) is 4.79 Å². The number of benzene rings is 3. The maximum absolute atomic E-state index is 13.3. The number of esters is 1. The van der Waals surface area contributed by atoms with Crippen molar-refractivity contribution in [2.75, 3.05) is 19.0 Å².